The molecule has 14 N–H and O–H groups in total. The molecule has 0 bridgehead atoms. The minimum atomic E-state index is -1.56. The number of aromatic amines is 1. The standard InChI is InChI=1S/C85H110FN13O10/c1-53(100)79-77(104)49-62(42-57-32-36-64(86)37-33-57)75(102)31-12-6-11-29-69(90-40-19-41-99(54(2)101)52-58-43-67-66-27-17-24-59-34-35-60(78(59)66)47-74(67)98(3)51-58)76(103)48-61(25-18-39-91-85(88)89)80(105)94-71(44-55-20-7-4-8-21-55)82(107)95-72(45-56-22-9-5-10-23-56)83(108)96-73(46-63-50-92-68-28-14-13-26-65(63)68)84(109)93-70(81(106)97-79)30-15-16-38-87/h4-5,7-10,13-14,17,20-24,26-28,32-33,35-37,50,53,58,61-62,67,69-74,79,90,92,100H,6,11-12,15-16,18-19,25,29-31,34,38-49,51-52,87H2,1-3H3,(H,93,109)(H,94,105)(H,95,107)(H,96,108)(H,97,106)(H4,88,89,91)/t53-,58-,61-,62-,67-,69-,70+,71+,72+,73-,74-,79+/m1/s1. The number of likely N-dealkylation sites (tertiary alicyclic amines) is 1. The largest absolute Gasteiger partial charge is 0.391 e. The Morgan fingerprint density at radius 2 is 1.29 bits per heavy atom. The Morgan fingerprint density at radius 3 is 1.96 bits per heavy atom. The summed E-state index contributed by atoms with van der Waals surface area (Å²) >= 11 is 0. The predicted octanol–water partition coefficient (Wildman–Crippen LogP) is 6.89. The van der Waals surface area contributed by atoms with Gasteiger partial charge in [-0.25, -0.2) is 4.39 Å². The number of fused-ring (bicyclic) bond motifs is 3. The smallest absolute Gasteiger partial charge is 0.243 e. The highest BCUT2D eigenvalue weighted by atomic mass is 19.1. The third-order valence-electron chi connectivity index (χ3n) is 22.2. The number of halogens is 1. The van der Waals surface area contributed by atoms with E-state index in [2.05, 4.69) is 78.1 Å². The highest BCUT2D eigenvalue weighted by Crippen LogP contribution is 2.49. The van der Waals surface area contributed by atoms with Crippen molar-refractivity contribution in [3.8, 4) is 0 Å². The number of aliphatic imine (C=N–C) groups is 1. The number of unbranched alkanes of at least 4 members (excludes halogenated alkanes) is 1. The number of carbonyl (C=O) groups is 9. The molecule has 5 aromatic carbocycles. The number of likely N-dealkylation sites (N-methyl/N-ethyl adjacent to an activating group) is 1. The van der Waals surface area contributed by atoms with Crippen LogP contribution in [0.25, 0.3) is 16.5 Å². The van der Waals surface area contributed by atoms with E-state index in [0.29, 0.717) is 92.4 Å². The zero-order chi connectivity index (χ0) is 77.5. The number of Topliss-reactive ketones (excluding diaryl/α,β-unsaturated/α-hetero) is 3. The Labute approximate surface area is 638 Å². The van der Waals surface area contributed by atoms with Crippen LogP contribution in [0.2, 0.25) is 0 Å². The molecule has 2 aliphatic heterocycles. The van der Waals surface area contributed by atoms with Crippen molar-refractivity contribution in [2.45, 2.75) is 197 Å². The number of piperidine rings is 1. The van der Waals surface area contributed by atoms with Gasteiger partial charge < -0.3 is 69.0 Å². The number of ketones is 3. The van der Waals surface area contributed by atoms with E-state index < -0.39 is 102 Å². The average Bonchev–Trinajstić information content (AvgIpc) is 1.68. The summed E-state index contributed by atoms with van der Waals surface area (Å²) in [5, 5.41) is 30.1. The van der Waals surface area contributed by atoms with E-state index in [1.165, 1.54) is 53.5 Å². The molecule has 10 rings (SSSR count). The highest BCUT2D eigenvalue weighted by Gasteiger charge is 2.43. The first-order chi connectivity index (χ1) is 52.6. The number of H-pyrrole nitrogens is 1. The maximum absolute atomic E-state index is 15.4. The zero-order valence-corrected chi connectivity index (χ0v) is 63.2. The van der Waals surface area contributed by atoms with Gasteiger partial charge >= 0.3 is 0 Å². The number of amides is 6. The summed E-state index contributed by atoms with van der Waals surface area (Å²) < 4.78 is 14.4. The van der Waals surface area contributed by atoms with Crippen LogP contribution in [0.5, 0.6) is 0 Å². The number of guanidine groups is 1. The lowest BCUT2D eigenvalue weighted by Gasteiger charge is -2.47. The minimum Gasteiger partial charge on any atom is -0.391 e. The number of benzene rings is 5. The van der Waals surface area contributed by atoms with Gasteiger partial charge in [0.2, 0.25) is 35.4 Å². The maximum Gasteiger partial charge on any atom is 0.243 e. The van der Waals surface area contributed by atoms with E-state index in [9.17, 15) is 28.7 Å². The van der Waals surface area contributed by atoms with Crippen molar-refractivity contribution < 1.29 is 52.6 Å². The lowest BCUT2D eigenvalue weighted by molar-refractivity contribution is -0.136. The summed E-state index contributed by atoms with van der Waals surface area (Å²) in [7, 11) is 2.19. The summed E-state index contributed by atoms with van der Waals surface area (Å²) in [6.07, 6.45) is 7.86. The highest BCUT2D eigenvalue weighted by molar-refractivity contribution is 5.99. The summed E-state index contributed by atoms with van der Waals surface area (Å²) in [4.78, 5) is 146. The number of nitrogens with one attached hydrogen (secondary N) is 7. The lowest BCUT2D eigenvalue weighted by Crippen LogP contribution is -2.60. The Hall–Kier alpha value is -9.75. The van der Waals surface area contributed by atoms with Crippen LogP contribution < -0.4 is 49.1 Å². The summed E-state index contributed by atoms with van der Waals surface area (Å²) in [6.45, 7) is 5.48. The molecule has 4 aliphatic rings. The average molecular weight is 1490 g/mol. The van der Waals surface area contributed by atoms with Crippen LogP contribution in [0, 0.1) is 23.6 Å². The quantitative estimate of drug-likeness (QED) is 0.0167. The zero-order valence-electron chi connectivity index (χ0n) is 63.2. The van der Waals surface area contributed by atoms with Gasteiger partial charge in [0.25, 0.3) is 0 Å². The molecule has 0 radical (unpaired) electrons. The van der Waals surface area contributed by atoms with Gasteiger partial charge in [0.1, 0.15) is 41.8 Å². The number of nitrogens with two attached hydrogens (primary N) is 3. The van der Waals surface area contributed by atoms with E-state index in [-0.39, 0.29) is 107 Å². The fourth-order valence-corrected chi connectivity index (χ4v) is 16.4. The van der Waals surface area contributed by atoms with Crippen LogP contribution in [-0.4, -0.2) is 173 Å². The topological polar surface area (TPSA) is 359 Å². The Bertz CT molecular complexity index is 4170. The van der Waals surface area contributed by atoms with Crippen molar-refractivity contribution in [2.24, 2.45) is 39.9 Å². The molecule has 2 fully saturated rings. The summed E-state index contributed by atoms with van der Waals surface area (Å²) in [6, 6.07) is 30.1. The molecule has 0 unspecified atom stereocenters. The van der Waals surface area contributed by atoms with Crippen molar-refractivity contribution in [2.75, 3.05) is 46.3 Å². The van der Waals surface area contributed by atoms with Crippen molar-refractivity contribution in [3.05, 3.63) is 184 Å². The number of hydrogen-bond donors (Lipinski definition) is 11. The van der Waals surface area contributed by atoms with Gasteiger partial charge in [-0.1, -0.05) is 128 Å². The van der Waals surface area contributed by atoms with Crippen molar-refractivity contribution in [1.29, 1.82) is 0 Å². The van der Waals surface area contributed by atoms with Gasteiger partial charge in [-0.3, -0.25) is 48.1 Å². The van der Waals surface area contributed by atoms with Gasteiger partial charge in [-0.05, 0) is 173 Å². The molecule has 6 amide bonds. The second-order valence-corrected chi connectivity index (χ2v) is 30.3. The van der Waals surface area contributed by atoms with Gasteiger partial charge in [0.05, 0.1) is 12.1 Å². The lowest BCUT2D eigenvalue weighted by atomic mass is 9.70. The second kappa shape index (κ2) is 40.1. The van der Waals surface area contributed by atoms with Gasteiger partial charge in [-0.15, -0.1) is 0 Å². The van der Waals surface area contributed by atoms with Crippen molar-refractivity contribution in [1.82, 2.24) is 46.7 Å². The molecule has 3 heterocycles. The van der Waals surface area contributed by atoms with Crippen LogP contribution in [0.4, 0.5) is 4.39 Å². The Balaban J connectivity index is 0.961. The van der Waals surface area contributed by atoms with Gasteiger partial charge in [0.15, 0.2) is 17.5 Å². The van der Waals surface area contributed by atoms with Crippen LogP contribution in [-0.2, 0) is 75.3 Å². The number of allylic oxidation sites excluding steroid dienone is 1. The number of nitrogens with zero attached hydrogens (tertiary/aromatic N) is 3. The number of hydrogen-bond acceptors (Lipinski definition) is 14. The first-order valence-electron chi connectivity index (χ1n) is 39.0. The van der Waals surface area contributed by atoms with Gasteiger partial charge in [-0.2, -0.15) is 0 Å². The molecule has 12 atom stereocenters. The minimum absolute atomic E-state index is 0.00978. The summed E-state index contributed by atoms with van der Waals surface area (Å²) in [5.74, 6) is -7.16. The number of rotatable bonds is 24. The molecule has 2 saturated heterocycles. The fraction of sp³-hybridized carbons (Fsp3) is 0.482. The number of aliphatic hydroxyl groups is 1. The molecule has 2 aliphatic carbocycles. The van der Waals surface area contributed by atoms with E-state index in [1.807, 2.05) is 35.2 Å². The molecule has 582 valence electrons. The third-order valence-corrected chi connectivity index (χ3v) is 22.2. The first kappa shape index (κ1) is 81.8. The number of carbonyl (C=O) groups excluding carboxylic acids is 9. The molecule has 109 heavy (non-hydrogen) atoms. The Morgan fingerprint density at radius 1 is 0.661 bits per heavy atom. The van der Waals surface area contributed by atoms with Gasteiger partial charge in [0, 0.05) is 113 Å². The SMILES string of the molecule is CC(=O)N(CCCN[C@@H]1CCCCCC(=O)[C@H](Cc2ccc(F)cc2)CC(=O)[C@H]([C@@H](C)O)NC(=O)[C@H](CCCCN)NC(=O)[C@@H](Cc2c[nH]c3ccccc23)NC(=O)[C@H](Cc2ccccc2)NC(=O)[C@H](Cc2ccccc2)NC(=O)[C@H](CCCN=C(N)N)CC1=O)C[C@@H]1C[C@@H]2c3cccc4c3C(=CC4)C[C@H]2N(C)C1. The molecule has 0 spiro atoms. The maximum atomic E-state index is 15.4. The molecular formula is C85H110FN13O10. The van der Waals surface area contributed by atoms with Crippen LogP contribution in [0.15, 0.2) is 145 Å². The molecular weight excluding hydrogens is 1380 g/mol. The first-order valence-corrected chi connectivity index (χ1v) is 39.0. The van der Waals surface area contributed by atoms with Crippen molar-refractivity contribution >= 4 is 75.2 Å². The third kappa shape index (κ3) is 23.2. The van der Waals surface area contributed by atoms with E-state index in [0.717, 1.165) is 36.7 Å². The number of para-hydroxylation sites is 1. The number of aliphatic hydroxyl groups excluding tert-OH is 1. The van der Waals surface area contributed by atoms with Crippen LogP contribution >= 0.6 is 0 Å². The normalized spacial score (nSPS) is 24.2. The van der Waals surface area contributed by atoms with Crippen LogP contribution in [0.3, 0.4) is 0 Å². The molecule has 6 aromatic rings. The van der Waals surface area contributed by atoms with E-state index in [1.54, 1.807) is 67.7 Å². The summed E-state index contributed by atoms with van der Waals surface area (Å²) in [5.41, 5.74) is 26.4. The molecule has 0 saturated carbocycles. The van der Waals surface area contributed by atoms with Crippen molar-refractivity contribution in [3.63, 3.8) is 0 Å². The number of aromatic nitrogens is 1. The Kier molecular flexibility index (Phi) is 30.1. The fourth-order valence-electron chi connectivity index (χ4n) is 16.4. The van der Waals surface area contributed by atoms with E-state index in [4.69, 9.17) is 17.2 Å². The molecule has 24 heteroatoms. The second-order valence-electron chi connectivity index (χ2n) is 30.3. The molecule has 23 nitrogen and oxygen atoms in total. The van der Waals surface area contributed by atoms with Crippen LogP contribution in [0.1, 0.15) is 155 Å². The predicted molar refractivity (Wildman–Crippen MR) is 420 cm³/mol. The molecule has 1 aromatic heterocycles. The monoisotopic (exact) mass is 1490 g/mol. The van der Waals surface area contributed by atoms with E-state index >= 15 is 24.0 Å².